The summed E-state index contributed by atoms with van der Waals surface area (Å²) >= 11 is 0. The average molecular weight is 405 g/mol. The summed E-state index contributed by atoms with van der Waals surface area (Å²) in [5.74, 6) is 1.19. The van der Waals surface area contributed by atoms with Gasteiger partial charge in [0.1, 0.15) is 11.5 Å². The van der Waals surface area contributed by atoms with Gasteiger partial charge in [0.2, 0.25) is 5.76 Å². The molecule has 3 atom stereocenters. The smallest absolute Gasteiger partial charge is 0.291 e. The first-order chi connectivity index (χ1) is 14.5. The van der Waals surface area contributed by atoms with Gasteiger partial charge in [0.15, 0.2) is 6.39 Å². The highest BCUT2D eigenvalue weighted by Gasteiger charge is 2.50. The van der Waals surface area contributed by atoms with Gasteiger partial charge in [0, 0.05) is 31.5 Å². The zero-order valence-electron chi connectivity index (χ0n) is 16.9. The molecule has 2 saturated heterocycles. The standard InChI is InChI=1S/C22H23N5O3/c1-13-20(30-12-24-13)22(29)26-9-16-10-27(21(28)18-8-23-14(2)25-18)19(17(16)11-26)15-6-4-3-5-7-15/h3-8,12,16-17,19H,9-11H2,1-2H3,(H,23,25)/t16-,17-,19+/m0/s1. The van der Waals surface area contributed by atoms with Crippen LogP contribution in [0.4, 0.5) is 0 Å². The molecule has 0 unspecified atom stereocenters. The lowest BCUT2D eigenvalue weighted by atomic mass is 9.89. The van der Waals surface area contributed by atoms with Gasteiger partial charge in [0.05, 0.1) is 17.9 Å². The summed E-state index contributed by atoms with van der Waals surface area (Å²) in [4.78, 5) is 41.3. The normalized spacial score (nSPS) is 23.1. The molecule has 30 heavy (non-hydrogen) atoms. The number of nitrogens with zero attached hydrogens (tertiary/aromatic N) is 4. The number of hydrogen-bond acceptors (Lipinski definition) is 5. The van der Waals surface area contributed by atoms with Crippen molar-refractivity contribution in [2.75, 3.05) is 19.6 Å². The Morgan fingerprint density at radius 2 is 1.87 bits per heavy atom. The van der Waals surface area contributed by atoms with Gasteiger partial charge in [-0.2, -0.15) is 0 Å². The number of nitrogens with one attached hydrogen (secondary N) is 1. The number of oxazole rings is 1. The third kappa shape index (κ3) is 2.99. The molecular formula is C22H23N5O3. The highest BCUT2D eigenvalue weighted by atomic mass is 16.3. The van der Waals surface area contributed by atoms with E-state index in [2.05, 4.69) is 27.1 Å². The van der Waals surface area contributed by atoms with E-state index in [0.29, 0.717) is 42.6 Å². The third-order valence-corrected chi connectivity index (χ3v) is 6.23. The van der Waals surface area contributed by atoms with Crippen molar-refractivity contribution in [3.05, 3.63) is 71.5 Å². The van der Waals surface area contributed by atoms with E-state index in [1.165, 1.54) is 6.39 Å². The van der Waals surface area contributed by atoms with Crippen LogP contribution in [0.3, 0.4) is 0 Å². The van der Waals surface area contributed by atoms with Crippen molar-refractivity contribution >= 4 is 11.8 Å². The van der Waals surface area contributed by atoms with E-state index in [9.17, 15) is 9.59 Å². The van der Waals surface area contributed by atoms with Crippen LogP contribution in [0.2, 0.25) is 0 Å². The molecule has 2 fully saturated rings. The quantitative estimate of drug-likeness (QED) is 0.723. The minimum absolute atomic E-state index is 0.0530. The molecule has 0 bridgehead atoms. The van der Waals surface area contributed by atoms with Gasteiger partial charge >= 0.3 is 0 Å². The molecule has 1 N–H and O–H groups in total. The topological polar surface area (TPSA) is 95.3 Å². The van der Waals surface area contributed by atoms with E-state index in [4.69, 9.17) is 4.42 Å². The number of imidazole rings is 1. The van der Waals surface area contributed by atoms with Crippen molar-refractivity contribution in [3.63, 3.8) is 0 Å². The van der Waals surface area contributed by atoms with Crippen LogP contribution in [0.1, 0.15) is 44.2 Å². The summed E-state index contributed by atoms with van der Waals surface area (Å²) in [5.41, 5.74) is 2.18. The van der Waals surface area contributed by atoms with Crippen molar-refractivity contribution in [2.24, 2.45) is 11.8 Å². The Bertz CT molecular complexity index is 1090. The van der Waals surface area contributed by atoms with Gasteiger partial charge in [-0.15, -0.1) is 0 Å². The van der Waals surface area contributed by atoms with Gasteiger partial charge in [-0.05, 0) is 19.4 Å². The number of hydrogen-bond donors (Lipinski definition) is 1. The number of amides is 2. The average Bonchev–Trinajstić information content (AvgIpc) is 3.51. The van der Waals surface area contributed by atoms with Gasteiger partial charge in [0.25, 0.3) is 11.8 Å². The monoisotopic (exact) mass is 405 g/mol. The SMILES string of the molecule is Cc1ncc(C(=O)N2C[C@@H]3CN(C(=O)c4ocnc4C)C[C@@H]3[C@H]2c2ccccc2)[nH]1. The van der Waals surface area contributed by atoms with Crippen LogP contribution >= 0.6 is 0 Å². The van der Waals surface area contributed by atoms with Crippen LogP contribution in [-0.2, 0) is 0 Å². The van der Waals surface area contributed by atoms with E-state index < -0.39 is 0 Å². The van der Waals surface area contributed by atoms with E-state index in [-0.39, 0.29) is 29.7 Å². The number of aryl methyl sites for hydroxylation is 2. The number of aromatic amines is 1. The fraction of sp³-hybridized carbons (Fsp3) is 0.364. The molecule has 4 heterocycles. The van der Waals surface area contributed by atoms with E-state index >= 15 is 0 Å². The summed E-state index contributed by atoms with van der Waals surface area (Å²) in [6, 6.07) is 9.95. The van der Waals surface area contributed by atoms with Crippen molar-refractivity contribution in [3.8, 4) is 0 Å². The minimum Gasteiger partial charge on any atom is -0.438 e. The highest BCUT2D eigenvalue weighted by molar-refractivity contribution is 5.94. The molecule has 3 aromatic rings. The van der Waals surface area contributed by atoms with Crippen LogP contribution in [-0.4, -0.2) is 56.2 Å². The Morgan fingerprint density at radius 1 is 1.07 bits per heavy atom. The minimum atomic E-state index is -0.131. The first-order valence-electron chi connectivity index (χ1n) is 10.1. The zero-order valence-corrected chi connectivity index (χ0v) is 16.9. The molecule has 0 aliphatic carbocycles. The highest BCUT2D eigenvalue weighted by Crippen LogP contribution is 2.45. The maximum Gasteiger partial charge on any atom is 0.291 e. The van der Waals surface area contributed by atoms with E-state index in [1.54, 1.807) is 13.1 Å². The molecule has 8 nitrogen and oxygen atoms in total. The molecule has 1 aromatic carbocycles. The summed E-state index contributed by atoms with van der Waals surface area (Å²) in [5, 5.41) is 0. The van der Waals surface area contributed by atoms with Crippen molar-refractivity contribution < 1.29 is 14.0 Å². The third-order valence-electron chi connectivity index (χ3n) is 6.23. The molecule has 2 amide bonds. The fourth-order valence-electron chi connectivity index (χ4n) is 4.83. The number of rotatable bonds is 3. The molecule has 2 aliphatic rings. The molecule has 2 aromatic heterocycles. The number of H-pyrrole nitrogens is 1. The molecule has 0 radical (unpaired) electrons. The predicted molar refractivity (Wildman–Crippen MR) is 108 cm³/mol. The number of benzene rings is 1. The van der Waals surface area contributed by atoms with Crippen LogP contribution in [0.25, 0.3) is 0 Å². The Kier molecular flexibility index (Phi) is 4.42. The van der Waals surface area contributed by atoms with E-state index in [0.717, 1.165) is 5.56 Å². The summed E-state index contributed by atoms with van der Waals surface area (Å²) in [6.45, 7) is 5.38. The summed E-state index contributed by atoms with van der Waals surface area (Å²) in [7, 11) is 0. The largest absolute Gasteiger partial charge is 0.438 e. The summed E-state index contributed by atoms with van der Waals surface area (Å²) < 4.78 is 5.31. The van der Waals surface area contributed by atoms with Crippen LogP contribution in [0.5, 0.6) is 0 Å². The first-order valence-corrected chi connectivity index (χ1v) is 10.1. The summed E-state index contributed by atoms with van der Waals surface area (Å²) in [6.07, 6.45) is 2.90. The number of aromatic nitrogens is 3. The zero-order chi connectivity index (χ0) is 20.8. The van der Waals surface area contributed by atoms with Crippen LogP contribution in [0.15, 0.2) is 47.3 Å². The van der Waals surface area contributed by atoms with Gasteiger partial charge < -0.3 is 19.2 Å². The number of carbonyl (C=O) groups excluding carboxylic acids is 2. The number of likely N-dealkylation sites (tertiary alicyclic amines) is 2. The molecule has 0 spiro atoms. The number of fused-ring (bicyclic) bond motifs is 1. The Labute approximate surface area is 173 Å². The first kappa shape index (κ1) is 18.6. The molecular weight excluding hydrogens is 382 g/mol. The van der Waals surface area contributed by atoms with Crippen molar-refractivity contribution in [1.82, 2.24) is 24.8 Å². The number of carbonyl (C=O) groups is 2. The Hall–Kier alpha value is -3.42. The van der Waals surface area contributed by atoms with Crippen molar-refractivity contribution in [1.29, 1.82) is 0 Å². The predicted octanol–water partition coefficient (Wildman–Crippen LogP) is 2.60. The second kappa shape index (κ2) is 7.12. The molecule has 2 aliphatic heterocycles. The van der Waals surface area contributed by atoms with E-state index in [1.807, 2.05) is 34.9 Å². The van der Waals surface area contributed by atoms with Crippen LogP contribution < -0.4 is 0 Å². The maximum absolute atomic E-state index is 13.3. The Balaban J connectivity index is 1.44. The lowest BCUT2D eigenvalue weighted by molar-refractivity contribution is 0.0662. The fourth-order valence-corrected chi connectivity index (χ4v) is 4.83. The lowest BCUT2D eigenvalue weighted by Gasteiger charge is -2.29. The molecule has 8 heteroatoms. The maximum atomic E-state index is 13.3. The molecule has 154 valence electrons. The second-order valence-electron chi connectivity index (χ2n) is 8.10. The second-order valence-corrected chi connectivity index (χ2v) is 8.10. The Morgan fingerprint density at radius 3 is 2.53 bits per heavy atom. The molecule has 0 saturated carbocycles. The van der Waals surface area contributed by atoms with Crippen LogP contribution in [0, 0.1) is 25.7 Å². The van der Waals surface area contributed by atoms with Gasteiger partial charge in [-0.3, -0.25) is 9.59 Å². The van der Waals surface area contributed by atoms with Gasteiger partial charge in [-0.1, -0.05) is 30.3 Å². The van der Waals surface area contributed by atoms with Crippen molar-refractivity contribution in [2.45, 2.75) is 19.9 Å². The lowest BCUT2D eigenvalue weighted by Crippen LogP contribution is -2.37. The van der Waals surface area contributed by atoms with Gasteiger partial charge in [-0.25, -0.2) is 9.97 Å². The molecule has 5 rings (SSSR count).